The zero-order valence-electron chi connectivity index (χ0n) is 23.5. The third-order valence-electron chi connectivity index (χ3n) is 7.46. The maximum absolute atomic E-state index is 13.2. The van der Waals surface area contributed by atoms with Gasteiger partial charge in [-0.05, 0) is 62.3 Å². The summed E-state index contributed by atoms with van der Waals surface area (Å²) in [6.45, 7) is 11.2. The molecule has 1 aromatic heterocycles. The smallest absolute Gasteiger partial charge is 0.325 e. The summed E-state index contributed by atoms with van der Waals surface area (Å²) in [5.74, 6) is -1.26. The average molecular weight is 550 g/mol. The normalized spacial score (nSPS) is 29.0. The summed E-state index contributed by atoms with van der Waals surface area (Å²) in [5.41, 5.74) is 3.74. The van der Waals surface area contributed by atoms with Crippen LogP contribution in [0.5, 0.6) is 0 Å². The van der Waals surface area contributed by atoms with Crippen LogP contribution in [0.4, 0.5) is 0 Å². The molecule has 5 bridgehead atoms. The van der Waals surface area contributed by atoms with Gasteiger partial charge in [-0.1, -0.05) is 38.1 Å². The van der Waals surface area contributed by atoms with E-state index in [1.54, 1.807) is 19.2 Å². The number of benzene rings is 1. The van der Waals surface area contributed by atoms with E-state index in [1.165, 1.54) is 5.01 Å². The molecule has 40 heavy (non-hydrogen) atoms. The van der Waals surface area contributed by atoms with E-state index in [9.17, 15) is 19.5 Å². The molecular formula is C30H39N5O5. The SMILES string of the molecule is C=CC[C@@H]1NC(O)C(C)(C)/C=C/c2cc3cc(ccc3cn2)[C@@H](C)OC(=O)[C@@H]2CCCN(N2)C(=O)[C@H](C)NC1=O. The predicted molar refractivity (Wildman–Crippen MR) is 152 cm³/mol. The number of fused-ring (bicyclic) bond motifs is 4. The van der Waals surface area contributed by atoms with Crippen LogP contribution in [-0.4, -0.2) is 63.8 Å². The fourth-order valence-electron chi connectivity index (χ4n) is 4.78. The number of hydrogen-bond acceptors (Lipinski definition) is 8. The summed E-state index contributed by atoms with van der Waals surface area (Å²) < 4.78 is 5.79. The Balaban J connectivity index is 1.69. The van der Waals surface area contributed by atoms with Gasteiger partial charge in [0.2, 0.25) is 5.91 Å². The monoisotopic (exact) mass is 549 g/mol. The molecular weight excluding hydrogens is 510 g/mol. The summed E-state index contributed by atoms with van der Waals surface area (Å²) in [4.78, 5) is 43.9. The number of carbonyl (C=O) groups is 3. The highest BCUT2D eigenvalue weighted by atomic mass is 16.5. The van der Waals surface area contributed by atoms with Crippen molar-refractivity contribution in [3.8, 4) is 0 Å². The summed E-state index contributed by atoms with van der Waals surface area (Å²) in [6.07, 6.45) is 6.80. The Bertz CT molecular complexity index is 1310. The Kier molecular flexibility index (Phi) is 9.02. The number of aromatic nitrogens is 1. The Morgan fingerprint density at radius 3 is 2.73 bits per heavy atom. The molecule has 10 heteroatoms. The third-order valence-corrected chi connectivity index (χ3v) is 7.46. The van der Waals surface area contributed by atoms with Crippen LogP contribution in [0.15, 0.2) is 49.2 Å². The van der Waals surface area contributed by atoms with Crippen LogP contribution in [0.25, 0.3) is 16.8 Å². The Labute approximate surface area is 234 Å². The zero-order chi connectivity index (χ0) is 29.0. The van der Waals surface area contributed by atoms with Crippen molar-refractivity contribution in [3.05, 3.63) is 60.5 Å². The Morgan fingerprint density at radius 1 is 1.20 bits per heavy atom. The third kappa shape index (κ3) is 6.75. The molecule has 0 saturated carbocycles. The fourth-order valence-corrected chi connectivity index (χ4v) is 4.78. The molecule has 2 amide bonds. The molecule has 0 spiro atoms. The van der Waals surface area contributed by atoms with Gasteiger partial charge in [0.15, 0.2) is 0 Å². The number of hydrogen-bond donors (Lipinski definition) is 4. The molecule has 1 unspecified atom stereocenters. The lowest BCUT2D eigenvalue weighted by atomic mass is 9.89. The molecule has 1 saturated heterocycles. The van der Waals surface area contributed by atoms with Crippen molar-refractivity contribution in [2.75, 3.05) is 6.54 Å². The van der Waals surface area contributed by atoms with Crippen LogP contribution in [-0.2, 0) is 19.1 Å². The highest BCUT2D eigenvalue weighted by Crippen LogP contribution is 2.26. The van der Waals surface area contributed by atoms with Crippen molar-refractivity contribution in [2.45, 2.75) is 77.4 Å². The van der Waals surface area contributed by atoms with Gasteiger partial charge in [-0.3, -0.25) is 29.7 Å². The molecule has 5 atom stereocenters. The topological polar surface area (TPSA) is 133 Å². The first-order valence-corrected chi connectivity index (χ1v) is 13.7. The number of carbonyl (C=O) groups excluding carboxylic acids is 3. The van der Waals surface area contributed by atoms with Crippen molar-refractivity contribution in [3.63, 3.8) is 0 Å². The van der Waals surface area contributed by atoms with Gasteiger partial charge < -0.3 is 15.2 Å². The van der Waals surface area contributed by atoms with Gasteiger partial charge in [0.1, 0.15) is 24.4 Å². The standard InChI is InChI=1S/C30H39N5O5/c1-6-8-24-26(36)32-18(2)27(37)35-14-7-9-25(34-35)28(38)40-19(3)20-10-11-21-17-31-23(16-22(21)15-20)12-13-30(4,5)29(39)33-24/h6,10-13,15-19,24-25,29,33-34,39H,1,7-9,14H2,2-5H3,(H,32,36)/b13-12+/t18-,19+,24-,25-,29?/m0/s1. The quantitative estimate of drug-likeness (QED) is 0.332. The van der Waals surface area contributed by atoms with E-state index in [0.29, 0.717) is 25.1 Å². The minimum atomic E-state index is -1.08. The summed E-state index contributed by atoms with van der Waals surface area (Å²) >= 11 is 0. The number of nitrogens with zero attached hydrogens (tertiary/aromatic N) is 2. The van der Waals surface area contributed by atoms with Gasteiger partial charge in [0.25, 0.3) is 5.91 Å². The van der Waals surface area contributed by atoms with E-state index in [2.05, 4.69) is 27.6 Å². The number of pyridine rings is 1. The molecule has 2 aromatic rings. The van der Waals surface area contributed by atoms with Crippen LogP contribution in [0, 0.1) is 5.41 Å². The summed E-state index contributed by atoms with van der Waals surface area (Å²) in [7, 11) is 0. The number of rotatable bonds is 2. The van der Waals surface area contributed by atoms with Gasteiger partial charge >= 0.3 is 5.97 Å². The molecule has 4 N–H and O–H groups in total. The molecule has 0 aliphatic carbocycles. The second-order valence-electron chi connectivity index (χ2n) is 11.1. The zero-order valence-corrected chi connectivity index (χ0v) is 23.5. The van der Waals surface area contributed by atoms with Crippen molar-refractivity contribution in [2.24, 2.45) is 5.41 Å². The largest absolute Gasteiger partial charge is 0.457 e. The van der Waals surface area contributed by atoms with E-state index in [-0.39, 0.29) is 12.3 Å². The van der Waals surface area contributed by atoms with Crippen LogP contribution in [0.3, 0.4) is 0 Å². The second-order valence-corrected chi connectivity index (χ2v) is 11.1. The highest BCUT2D eigenvalue weighted by molar-refractivity contribution is 5.90. The van der Waals surface area contributed by atoms with Crippen LogP contribution >= 0.6 is 0 Å². The molecule has 2 aliphatic heterocycles. The number of aliphatic hydroxyl groups is 1. The minimum absolute atomic E-state index is 0.242. The summed E-state index contributed by atoms with van der Waals surface area (Å²) in [6, 6.07) is 5.38. The molecule has 10 nitrogen and oxygen atoms in total. The Hall–Kier alpha value is -3.60. The number of esters is 1. The van der Waals surface area contributed by atoms with Crippen LogP contribution in [0.1, 0.15) is 64.3 Å². The molecule has 2 aliphatic rings. The van der Waals surface area contributed by atoms with Crippen molar-refractivity contribution < 1.29 is 24.2 Å². The van der Waals surface area contributed by atoms with Crippen LogP contribution < -0.4 is 16.1 Å². The lowest BCUT2D eigenvalue weighted by molar-refractivity contribution is -0.157. The van der Waals surface area contributed by atoms with Crippen LogP contribution in [0.2, 0.25) is 0 Å². The number of cyclic esters (lactones) is 1. The average Bonchev–Trinajstić information content (AvgIpc) is 2.94. The van der Waals surface area contributed by atoms with E-state index in [4.69, 9.17) is 4.74 Å². The molecule has 1 aromatic carbocycles. The van der Waals surface area contributed by atoms with Crippen molar-refractivity contribution in [1.29, 1.82) is 0 Å². The fraction of sp³-hybridized carbons (Fsp3) is 0.467. The number of ether oxygens (including phenoxy) is 1. The van der Waals surface area contributed by atoms with Crippen molar-refractivity contribution >= 4 is 34.6 Å². The van der Waals surface area contributed by atoms with Gasteiger partial charge in [-0.25, -0.2) is 5.43 Å². The van der Waals surface area contributed by atoms with E-state index >= 15 is 0 Å². The lowest BCUT2D eigenvalue weighted by Crippen LogP contribution is -2.61. The maximum Gasteiger partial charge on any atom is 0.325 e. The minimum Gasteiger partial charge on any atom is -0.457 e. The molecule has 214 valence electrons. The maximum atomic E-state index is 13.2. The number of amides is 2. The van der Waals surface area contributed by atoms with Crippen molar-refractivity contribution in [1.82, 2.24) is 26.1 Å². The first-order chi connectivity index (χ1) is 19.0. The number of nitrogens with one attached hydrogen (secondary N) is 3. The van der Waals surface area contributed by atoms with E-state index in [1.807, 2.05) is 57.2 Å². The lowest BCUT2D eigenvalue weighted by Gasteiger charge is -2.35. The first kappa shape index (κ1) is 29.4. The predicted octanol–water partition coefficient (Wildman–Crippen LogP) is 2.75. The van der Waals surface area contributed by atoms with Gasteiger partial charge in [-0.15, -0.1) is 6.58 Å². The highest BCUT2D eigenvalue weighted by Gasteiger charge is 2.34. The molecule has 0 radical (unpaired) electrons. The summed E-state index contributed by atoms with van der Waals surface area (Å²) in [5, 5.41) is 20.0. The van der Waals surface area contributed by atoms with Gasteiger partial charge in [0, 0.05) is 23.5 Å². The Morgan fingerprint density at radius 2 is 1.98 bits per heavy atom. The first-order valence-electron chi connectivity index (χ1n) is 13.7. The second kappa shape index (κ2) is 12.3. The number of aliphatic hydroxyl groups excluding tert-OH is 1. The van der Waals surface area contributed by atoms with Gasteiger partial charge in [-0.2, -0.15) is 0 Å². The van der Waals surface area contributed by atoms with E-state index in [0.717, 1.165) is 16.3 Å². The molecule has 1 fully saturated rings. The molecule has 4 rings (SSSR count). The molecule has 3 heterocycles. The number of hydrazine groups is 1. The van der Waals surface area contributed by atoms with E-state index < -0.39 is 47.7 Å². The van der Waals surface area contributed by atoms with Gasteiger partial charge in [0.05, 0.1) is 11.7 Å².